The molecule has 0 bridgehead atoms. The van der Waals surface area contributed by atoms with Crippen LogP contribution in [-0.4, -0.2) is 17.6 Å². The van der Waals surface area contributed by atoms with Crippen molar-refractivity contribution in [2.45, 2.75) is 26.8 Å². The van der Waals surface area contributed by atoms with Crippen molar-refractivity contribution in [1.82, 2.24) is 5.32 Å². The SMILES string of the molecule is CC(C)[C@H](CN[C@@H](C)c1ccccc1)C(=O)O. The lowest BCUT2D eigenvalue weighted by Crippen LogP contribution is -2.33. The third-order valence-corrected chi connectivity index (χ3v) is 3.07. The maximum absolute atomic E-state index is 11.0. The van der Waals surface area contributed by atoms with Crippen LogP contribution in [0.3, 0.4) is 0 Å². The Balaban J connectivity index is 2.52. The van der Waals surface area contributed by atoms with Crippen LogP contribution in [0.1, 0.15) is 32.4 Å². The van der Waals surface area contributed by atoms with Crippen LogP contribution in [-0.2, 0) is 4.79 Å². The largest absolute Gasteiger partial charge is 0.481 e. The Morgan fingerprint density at radius 3 is 2.29 bits per heavy atom. The fourth-order valence-corrected chi connectivity index (χ4v) is 1.77. The highest BCUT2D eigenvalue weighted by atomic mass is 16.4. The number of carboxylic acid groups (broad SMARTS) is 1. The molecule has 0 saturated heterocycles. The van der Waals surface area contributed by atoms with E-state index in [0.29, 0.717) is 6.54 Å². The van der Waals surface area contributed by atoms with Gasteiger partial charge in [0.1, 0.15) is 0 Å². The minimum atomic E-state index is -0.729. The van der Waals surface area contributed by atoms with Crippen molar-refractivity contribution in [3.63, 3.8) is 0 Å². The molecule has 0 radical (unpaired) electrons. The highest BCUT2D eigenvalue weighted by Crippen LogP contribution is 2.14. The van der Waals surface area contributed by atoms with Gasteiger partial charge in [0, 0.05) is 12.6 Å². The molecule has 17 heavy (non-hydrogen) atoms. The molecule has 0 spiro atoms. The van der Waals surface area contributed by atoms with E-state index >= 15 is 0 Å². The first-order chi connectivity index (χ1) is 8.02. The molecule has 0 aromatic heterocycles. The standard InChI is InChI=1S/C14H21NO2/c1-10(2)13(14(16)17)9-15-11(3)12-7-5-4-6-8-12/h4-8,10-11,13,15H,9H2,1-3H3,(H,16,17)/t11-,13-/m0/s1. The molecule has 0 unspecified atom stereocenters. The third-order valence-electron chi connectivity index (χ3n) is 3.07. The van der Waals surface area contributed by atoms with Gasteiger partial charge in [-0.25, -0.2) is 0 Å². The zero-order valence-corrected chi connectivity index (χ0v) is 10.7. The number of hydrogen-bond donors (Lipinski definition) is 2. The molecule has 3 nitrogen and oxygen atoms in total. The summed E-state index contributed by atoms with van der Waals surface area (Å²) in [4.78, 5) is 11.0. The minimum absolute atomic E-state index is 0.142. The zero-order chi connectivity index (χ0) is 12.8. The molecule has 0 aliphatic heterocycles. The van der Waals surface area contributed by atoms with E-state index in [4.69, 9.17) is 5.11 Å². The second-order valence-corrected chi connectivity index (χ2v) is 4.73. The topological polar surface area (TPSA) is 49.3 Å². The predicted molar refractivity (Wildman–Crippen MR) is 68.8 cm³/mol. The Hall–Kier alpha value is -1.35. The number of benzene rings is 1. The molecule has 2 N–H and O–H groups in total. The van der Waals surface area contributed by atoms with E-state index in [-0.39, 0.29) is 17.9 Å². The summed E-state index contributed by atoms with van der Waals surface area (Å²) in [7, 11) is 0. The van der Waals surface area contributed by atoms with Crippen molar-refractivity contribution in [2.75, 3.05) is 6.54 Å². The molecular weight excluding hydrogens is 214 g/mol. The number of carboxylic acids is 1. The molecule has 0 fully saturated rings. The summed E-state index contributed by atoms with van der Waals surface area (Å²) in [5, 5.41) is 12.4. The highest BCUT2D eigenvalue weighted by Gasteiger charge is 2.21. The summed E-state index contributed by atoms with van der Waals surface area (Å²) in [5.74, 6) is -0.920. The Morgan fingerprint density at radius 1 is 1.24 bits per heavy atom. The molecule has 2 atom stereocenters. The van der Waals surface area contributed by atoms with Crippen molar-refractivity contribution in [3.8, 4) is 0 Å². The molecule has 1 aromatic carbocycles. The molecule has 0 amide bonds. The first-order valence-corrected chi connectivity index (χ1v) is 6.03. The van der Waals surface area contributed by atoms with Crippen LogP contribution >= 0.6 is 0 Å². The lowest BCUT2D eigenvalue weighted by atomic mass is 9.95. The normalized spacial score (nSPS) is 14.6. The van der Waals surface area contributed by atoms with E-state index < -0.39 is 5.97 Å². The van der Waals surface area contributed by atoms with Gasteiger partial charge in [-0.1, -0.05) is 44.2 Å². The smallest absolute Gasteiger partial charge is 0.308 e. The minimum Gasteiger partial charge on any atom is -0.481 e. The Labute approximate surface area is 103 Å². The Morgan fingerprint density at radius 2 is 1.82 bits per heavy atom. The molecule has 0 aliphatic carbocycles. The van der Waals surface area contributed by atoms with Gasteiger partial charge in [-0.3, -0.25) is 4.79 Å². The van der Waals surface area contributed by atoms with Crippen molar-refractivity contribution in [2.24, 2.45) is 11.8 Å². The number of aliphatic carboxylic acids is 1. The second-order valence-electron chi connectivity index (χ2n) is 4.73. The van der Waals surface area contributed by atoms with Crippen LogP contribution in [0, 0.1) is 11.8 Å². The molecule has 3 heteroatoms. The van der Waals surface area contributed by atoms with Crippen LogP contribution in [0.25, 0.3) is 0 Å². The number of hydrogen-bond acceptors (Lipinski definition) is 2. The first-order valence-electron chi connectivity index (χ1n) is 6.03. The monoisotopic (exact) mass is 235 g/mol. The van der Waals surface area contributed by atoms with Crippen molar-refractivity contribution in [3.05, 3.63) is 35.9 Å². The number of rotatable bonds is 6. The lowest BCUT2D eigenvalue weighted by Gasteiger charge is -2.20. The van der Waals surface area contributed by atoms with Crippen LogP contribution in [0.2, 0.25) is 0 Å². The Kier molecular flexibility index (Phi) is 5.16. The first kappa shape index (κ1) is 13.7. The molecular formula is C14H21NO2. The van der Waals surface area contributed by atoms with Crippen LogP contribution in [0.4, 0.5) is 0 Å². The van der Waals surface area contributed by atoms with Gasteiger partial charge < -0.3 is 10.4 Å². The number of carbonyl (C=O) groups is 1. The summed E-state index contributed by atoms with van der Waals surface area (Å²) in [6.45, 7) is 6.43. The fraction of sp³-hybridized carbons (Fsp3) is 0.500. The van der Waals surface area contributed by atoms with Crippen molar-refractivity contribution < 1.29 is 9.90 Å². The second kappa shape index (κ2) is 6.40. The van der Waals surface area contributed by atoms with Crippen LogP contribution < -0.4 is 5.32 Å². The lowest BCUT2D eigenvalue weighted by molar-refractivity contribution is -0.143. The fourth-order valence-electron chi connectivity index (χ4n) is 1.77. The predicted octanol–water partition coefficient (Wildman–Crippen LogP) is 2.69. The Bertz CT molecular complexity index is 348. The van der Waals surface area contributed by atoms with Crippen LogP contribution in [0.5, 0.6) is 0 Å². The average molecular weight is 235 g/mol. The van der Waals surface area contributed by atoms with Crippen LogP contribution in [0.15, 0.2) is 30.3 Å². The van der Waals surface area contributed by atoms with Gasteiger partial charge in [-0.2, -0.15) is 0 Å². The van der Waals surface area contributed by atoms with Gasteiger partial charge in [0.2, 0.25) is 0 Å². The van der Waals surface area contributed by atoms with E-state index in [1.165, 1.54) is 5.56 Å². The van der Waals surface area contributed by atoms with Gasteiger partial charge in [-0.05, 0) is 18.4 Å². The van der Waals surface area contributed by atoms with Gasteiger partial charge in [0.25, 0.3) is 0 Å². The summed E-state index contributed by atoms with van der Waals surface area (Å²) in [6.07, 6.45) is 0. The molecule has 94 valence electrons. The van der Waals surface area contributed by atoms with E-state index in [1.807, 2.05) is 44.2 Å². The maximum Gasteiger partial charge on any atom is 0.308 e. The van der Waals surface area contributed by atoms with E-state index in [9.17, 15) is 4.79 Å². The van der Waals surface area contributed by atoms with Gasteiger partial charge >= 0.3 is 5.97 Å². The molecule has 1 rings (SSSR count). The summed E-state index contributed by atoms with van der Waals surface area (Å²) < 4.78 is 0. The van der Waals surface area contributed by atoms with E-state index in [0.717, 1.165) is 0 Å². The van der Waals surface area contributed by atoms with Crippen molar-refractivity contribution in [1.29, 1.82) is 0 Å². The third kappa shape index (κ3) is 4.19. The summed E-state index contributed by atoms with van der Waals surface area (Å²) >= 11 is 0. The van der Waals surface area contributed by atoms with Gasteiger partial charge in [0.05, 0.1) is 5.92 Å². The van der Waals surface area contributed by atoms with Gasteiger partial charge in [0.15, 0.2) is 0 Å². The van der Waals surface area contributed by atoms with Crippen molar-refractivity contribution >= 4 is 5.97 Å². The zero-order valence-electron chi connectivity index (χ0n) is 10.7. The molecule has 0 aliphatic rings. The summed E-state index contributed by atoms with van der Waals surface area (Å²) in [6, 6.07) is 10.2. The van der Waals surface area contributed by atoms with E-state index in [1.54, 1.807) is 0 Å². The molecule has 0 saturated carbocycles. The number of nitrogens with one attached hydrogen (secondary N) is 1. The quantitative estimate of drug-likeness (QED) is 0.797. The van der Waals surface area contributed by atoms with E-state index in [2.05, 4.69) is 12.2 Å². The molecule has 0 heterocycles. The maximum atomic E-state index is 11.0. The van der Waals surface area contributed by atoms with Gasteiger partial charge in [-0.15, -0.1) is 0 Å². The summed E-state index contributed by atoms with van der Waals surface area (Å²) in [5.41, 5.74) is 1.18. The molecule has 1 aromatic rings. The highest BCUT2D eigenvalue weighted by molar-refractivity contribution is 5.70. The average Bonchev–Trinajstić information content (AvgIpc) is 2.29.